The molecule has 2 aromatic carbocycles. The zero-order chi connectivity index (χ0) is 21.4. The number of hydrogen-bond donors (Lipinski definition) is 1. The minimum atomic E-state index is -0.769. The molecular formula is C21H14ClF2N3O2S. The molecule has 5 nitrogen and oxygen atoms in total. The number of amides is 1. The molecule has 1 N–H and O–H groups in total. The molecule has 0 unspecified atom stereocenters. The highest BCUT2D eigenvalue weighted by Crippen LogP contribution is 2.30. The average Bonchev–Trinajstić information content (AvgIpc) is 3.14. The van der Waals surface area contributed by atoms with Gasteiger partial charge in [0.1, 0.15) is 10.7 Å². The van der Waals surface area contributed by atoms with Gasteiger partial charge in [0.2, 0.25) is 5.56 Å². The second kappa shape index (κ2) is 7.97. The Bertz CT molecular complexity index is 1340. The molecule has 4 aromatic rings. The Hall–Kier alpha value is -3.10. The number of fused-ring (bicyclic) bond motifs is 1. The SMILES string of the molecule is Cc1ncsc1C(=O)N(Cc1cc(=O)[nH]c2c(F)cccc12)c1cccc(Cl)c1F. The highest BCUT2D eigenvalue weighted by Gasteiger charge is 2.26. The lowest BCUT2D eigenvalue weighted by molar-refractivity contribution is 0.0987. The van der Waals surface area contributed by atoms with Gasteiger partial charge in [0.05, 0.1) is 34.0 Å². The van der Waals surface area contributed by atoms with Crippen molar-refractivity contribution < 1.29 is 13.6 Å². The van der Waals surface area contributed by atoms with E-state index in [9.17, 15) is 18.4 Å². The first-order valence-electron chi connectivity index (χ1n) is 8.83. The minimum Gasteiger partial charge on any atom is -0.319 e. The van der Waals surface area contributed by atoms with Crippen molar-refractivity contribution in [1.82, 2.24) is 9.97 Å². The van der Waals surface area contributed by atoms with E-state index in [4.69, 9.17) is 11.6 Å². The minimum absolute atomic E-state index is 0.0212. The van der Waals surface area contributed by atoms with Crippen LogP contribution in [-0.4, -0.2) is 15.9 Å². The van der Waals surface area contributed by atoms with E-state index in [1.54, 1.807) is 13.0 Å². The Morgan fingerprint density at radius 2 is 2.00 bits per heavy atom. The fourth-order valence-corrected chi connectivity index (χ4v) is 4.13. The van der Waals surface area contributed by atoms with Crippen LogP contribution in [-0.2, 0) is 6.54 Å². The van der Waals surface area contributed by atoms with Crippen LogP contribution in [0.4, 0.5) is 14.5 Å². The van der Waals surface area contributed by atoms with Crippen LogP contribution < -0.4 is 10.5 Å². The second-order valence-electron chi connectivity index (χ2n) is 6.55. The molecular weight excluding hydrogens is 432 g/mol. The van der Waals surface area contributed by atoms with E-state index < -0.39 is 23.1 Å². The van der Waals surface area contributed by atoms with Crippen LogP contribution in [0.3, 0.4) is 0 Å². The number of rotatable bonds is 4. The molecule has 2 heterocycles. The van der Waals surface area contributed by atoms with Crippen molar-refractivity contribution in [2.45, 2.75) is 13.5 Å². The van der Waals surface area contributed by atoms with E-state index in [1.165, 1.54) is 46.8 Å². The first-order valence-corrected chi connectivity index (χ1v) is 10.1. The number of halogens is 3. The first kappa shape index (κ1) is 20.2. The van der Waals surface area contributed by atoms with Gasteiger partial charge >= 0.3 is 0 Å². The van der Waals surface area contributed by atoms with Crippen LogP contribution in [0.1, 0.15) is 20.9 Å². The lowest BCUT2D eigenvalue weighted by Gasteiger charge is -2.24. The molecule has 0 aliphatic heterocycles. The standard InChI is InChI=1S/C21H14ClF2N3O2S/c1-11-20(30-10-25-11)21(29)27(16-7-3-5-14(22)18(16)24)9-12-8-17(28)26-19-13(12)4-2-6-15(19)23/h2-8,10H,9H2,1H3,(H,26,28). The van der Waals surface area contributed by atoms with Crippen molar-refractivity contribution in [2.75, 3.05) is 4.90 Å². The number of H-pyrrole nitrogens is 1. The van der Waals surface area contributed by atoms with Gasteiger partial charge in [-0.25, -0.2) is 13.8 Å². The third kappa shape index (κ3) is 3.59. The maximum Gasteiger partial charge on any atom is 0.270 e. The fraction of sp³-hybridized carbons (Fsp3) is 0.0952. The molecule has 0 saturated carbocycles. The van der Waals surface area contributed by atoms with E-state index in [-0.39, 0.29) is 22.8 Å². The van der Waals surface area contributed by atoms with Gasteiger partial charge in [-0.3, -0.25) is 9.59 Å². The van der Waals surface area contributed by atoms with Gasteiger partial charge in [-0.1, -0.05) is 29.8 Å². The van der Waals surface area contributed by atoms with E-state index >= 15 is 0 Å². The van der Waals surface area contributed by atoms with Crippen LogP contribution in [0.5, 0.6) is 0 Å². The molecule has 0 fully saturated rings. The third-order valence-electron chi connectivity index (χ3n) is 4.65. The molecule has 4 rings (SSSR count). The Morgan fingerprint density at radius 1 is 1.23 bits per heavy atom. The number of carbonyl (C=O) groups excluding carboxylic acids is 1. The summed E-state index contributed by atoms with van der Waals surface area (Å²) >= 11 is 7.06. The Morgan fingerprint density at radius 3 is 2.73 bits per heavy atom. The van der Waals surface area contributed by atoms with E-state index in [2.05, 4.69) is 9.97 Å². The summed E-state index contributed by atoms with van der Waals surface area (Å²) in [6.45, 7) is 1.51. The van der Waals surface area contributed by atoms with E-state index in [1.807, 2.05) is 0 Å². The summed E-state index contributed by atoms with van der Waals surface area (Å²) in [5.74, 6) is -1.87. The highest BCUT2D eigenvalue weighted by molar-refractivity contribution is 7.12. The molecule has 0 aliphatic carbocycles. The number of anilines is 1. The van der Waals surface area contributed by atoms with Crippen molar-refractivity contribution in [3.63, 3.8) is 0 Å². The number of thiazole rings is 1. The number of benzene rings is 2. The molecule has 2 aromatic heterocycles. The number of hydrogen-bond acceptors (Lipinski definition) is 4. The number of aromatic amines is 1. The van der Waals surface area contributed by atoms with Gasteiger partial charge in [-0.05, 0) is 30.7 Å². The summed E-state index contributed by atoms with van der Waals surface area (Å²) in [4.78, 5) is 33.5. The van der Waals surface area contributed by atoms with Gasteiger partial charge in [-0.15, -0.1) is 11.3 Å². The summed E-state index contributed by atoms with van der Waals surface area (Å²) in [5, 5.41) is 0.268. The van der Waals surface area contributed by atoms with Crippen LogP contribution in [0.15, 0.2) is 52.8 Å². The van der Waals surface area contributed by atoms with E-state index in [0.29, 0.717) is 21.5 Å². The third-order valence-corrected chi connectivity index (χ3v) is 5.86. The molecule has 0 radical (unpaired) electrons. The zero-order valence-corrected chi connectivity index (χ0v) is 17.2. The van der Waals surface area contributed by atoms with Crippen molar-refractivity contribution in [2.24, 2.45) is 0 Å². The average molecular weight is 446 g/mol. The summed E-state index contributed by atoms with van der Waals surface area (Å²) in [6.07, 6.45) is 0. The normalized spacial score (nSPS) is 11.1. The smallest absolute Gasteiger partial charge is 0.270 e. The zero-order valence-electron chi connectivity index (χ0n) is 15.6. The quantitative estimate of drug-likeness (QED) is 0.477. The summed E-state index contributed by atoms with van der Waals surface area (Å²) in [5.41, 5.74) is 1.82. The van der Waals surface area contributed by atoms with Crippen LogP contribution >= 0.6 is 22.9 Å². The largest absolute Gasteiger partial charge is 0.319 e. The lowest BCUT2D eigenvalue weighted by Crippen LogP contribution is -2.31. The van der Waals surface area contributed by atoms with E-state index in [0.717, 1.165) is 11.3 Å². The van der Waals surface area contributed by atoms with Crippen LogP contribution in [0.2, 0.25) is 5.02 Å². The van der Waals surface area contributed by atoms with Crippen molar-refractivity contribution >= 4 is 45.4 Å². The maximum atomic E-state index is 14.8. The number of pyridine rings is 1. The highest BCUT2D eigenvalue weighted by atomic mass is 35.5. The van der Waals surface area contributed by atoms with Gasteiger partial charge in [0.15, 0.2) is 5.82 Å². The van der Waals surface area contributed by atoms with Crippen LogP contribution in [0, 0.1) is 18.6 Å². The Balaban J connectivity index is 1.90. The summed E-state index contributed by atoms with van der Waals surface area (Å²) < 4.78 is 29.1. The Labute approximate surface area is 178 Å². The molecule has 30 heavy (non-hydrogen) atoms. The van der Waals surface area contributed by atoms with Gasteiger partial charge in [0, 0.05) is 11.5 Å². The monoisotopic (exact) mass is 445 g/mol. The predicted octanol–water partition coefficient (Wildman–Crippen LogP) is 5.07. The molecule has 1 amide bonds. The van der Waals surface area contributed by atoms with Crippen molar-refractivity contribution in [1.29, 1.82) is 0 Å². The summed E-state index contributed by atoms with van der Waals surface area (Å²) in [7, 11) is 0. The molecule has 0 spiro atoms. The number of aryl methyl sites for hydroxylation is 1. The number of carbonyl (C=O) groups is 1. The number of nitrogens with one attached hydrogen (secondary N) is 1. The molecule has 0 bridgehead atoms. The van der Waals surface area contributed by atoms with Crippen molar-refractivity contribution in [3.8, 4) is 0 Å². The number of para-hydroxylation sites is 1. The van der Waals surface area contributed by atoms with Gasteiger partial charge < -0.3 is 9.88 Å². The second-order valence-corrected chi connectivity index (χ2v) is 7.81. The molecule has 0 saturated heterocycles. The topological polar surface area (TPSA) is 66.1 Å². The van der Waals surface area contributed by atoms with Crippen LogP contribution in [0.25, 0.3) is 10.9 Å². The predicted molar refractivity (Wildman–Crippen MR) is 113 cm³/mol. The van der Waals surface area contributed by atoms with Gasteiger partial charge in [0.25, 0.3) is 5.91 Å². The molecule has 0 aliphatic rings. The lowest BCUT2D eigenvalue weighted by atomic mass is 10.1. The summed E-state index contributed by atoms with van der Waals surface area (Å²) in [6, 6.07) is 9.93. The van der Waals surface area contributed by atoms with Gasteiger partial charge in [-0.2, -0.15) is 0 Å². The Kier molecular flexibility index (Phi) is 5.36. The number of aromatic nitrogens is 2. The molecule has 0 atom stereocenters. The maximum absolute atomic E-state index is 14.8. The number of nitrogens with zero attached hydrogens (tertiary/aromatic N) is 2. The molecule has 152 valence electrons. The molecule has 9 heteroatoms. The fourth-order valence-electron chi connectivity index (χ4n) is 3.21. The first-order chi connectivity index (χ1) is 14.4. The van der Waals surface area contributed by atoms with Crippen molar-refractivity contribution in [3.05, 3.63) is 91.1 Å².